The summed E-state index contributed by atoms with van der Waals surface area (Å²) in [5.74, 6) is -0.570. The number of nitrogens with one attached hydrogen (secondary N) is 1. The van der Waals surface area contributed by atoms with Gasteiger partial charge in [-0.3, -0.25) is 9.59 Å². The highest BCUT2D eigenvalue weighted by atomic mass is 16.5. The van der Waals surface area contributed by atoms with Gasteiger partial charge in [0.1, 0.15) is 0 Å². The van der Waals surface area contributed by atoms with Crippen molar-refractivity contribution in [2.24, 2.45) is 11.5 Å². The molecule has 9 heteroatoms. The molecular formula is C21H35N3O6. The third-order valence-corrected chi connectivity index (χ3v) is 4.03. The molecule has 0 spiro atoms. The highest BCUT2D eigenvalue weighted by Crippen LogP contribution is 2.11. The zero-order valence-corrected chi connectivity index (χ0v) is 17.6. The van der Waals surface area contributed by atoms with Crippen molar-refractivity contribution < 1.29 is 28.5 Å². The lowest BCUT2D eigenvalue weighted by atomic mass is 10.1. The maximum atomic E-state index is 12.2. The Morgan fingerprint density at radius 1 is 0.933 bits per heavy atom. The Morgan fingerprint density at radius 2 is 1.57 bits per heavy atom. The van der Waals surface area contributed by atoms with E-state index in [1.54, 1.807) is 0 Å². The van der Waals surface area contributed by atoms with E-state index < -0.39 is 5.91 Å². The fourth-order valence-corrected chi connectivity index (χ4v) is 2.50. The Hall–Kier alpha value is -2.04. The minimum Gasteiger partial charge on any atom is -0.378 e. The first-order valence-corrected chi connectivity index (χ1v) is 10.3. The van der Waals surface area contributed by atoms with Gasteiger partial charge in [0.25, 0.3) is 0 Å². The van der Waals surface area contributed by atoms with Crippen molar-refractivity contribution in [3.05, 3.63) is 35.9 Å². The van der Waals surface area contributed by atoms with Crippen LogP contribution >= 0.6 is 0 Å². The summed E-state index contributed by atoms with van der Waals surface area (Å²) >= 11 is 0. The van der Waals surface area contributed by atoms with Crippen molar-refractivity contribution in [3.63, 3.8) is 0 Å². The zero-order valence-electron chi connectivity index (χ0n) is 17.6. The van der Waals surface area contributed by atoms with Gasteiger partial charge in [-0.1, -0.05) is 30.3 Å². The Labute approximate surface area is 178 Å². The van der Waals surface area contributed by atoms with Gasteiger partial charge in [-0.05, 0) is 12.0 Å². The van der Waals surface area contributed by atoms with Gasteiger partial charge in [-0.25, -0.2) is 0 Å². The molecular weight excluding hydrogens is 390 g/mol. The van der Waals surface area contributed by atoms with Crippen LogP contribution in [0.4, 0.5) is 0 Å². The molecule has 0 bridgehead atoms. The monoisotopic (exact) mass is 425 g/mol. The van der Waals surface area contributed by atoms with Crippen LogP contribution in [0.2, 0.25) is 0 Å². The lowest BCUT2D eigenvalue weighted by molar-refractivity contribution is -0.126. The number of primary amides is 1. The summed E-state index contributed by atoms with van der Waals surface area (Å²) in [6.45, 7) is 4.08. The van der Waals surface area contributed by atoms with Crippen LogP contribution in [0.15, 0.2) is 30.3 Å². The van der Waals surface area contributed by atoms with Crippen LogP contribution in [0.25, 0.3) is 0 Å². The summed E-state index contributed by atoms with van der Waals surface area (Å²) in [6.07, 6.45) is 0.353. The van der Waals surface area contributed by atoms with Crippen molar-refractivity contribution in [2.75, 3.05) is 52.7 Å². The Morgan fingerprint density at radius 3 is 2.20 bits per heavy atom. The van der Waals surface area contributed by atoms with Gasteiger partial charge in [0.15, 0.2) is 0 Å². The predicted octanol–water partition coefficient (Wildman–Crippen LogP) is 0.352. The number of hydrogen-bond acceptors (Lipinski definition) is 7. The summed E-state index contributed by atoms with van der Waals surface area (Å²) in [5, 5.41) is 2.79. The topological polar surface area (TPSA) is 135 Å². The number of benzene rings is 1. The summed E-state index contributed by atoms with van der Waals surface area (Å²) in [6, 6.07) is 9.65. The van der Waals surface area contributed by atoms with E-state index in [9.17, 15) is 9.59 Å². The number of hydrogen-bond donors (Lipinski definition) is 3. The number of carbonyl (C=O) groups excluding carboxylic acids is 2. The molecule has 0 fully saturated rings. The normalized spacial score (nSPS) is 11.9. The Balaban J connectivity index is 2.14. The molecule has 170 valence electrons. The molecule has 1 rings (SSSR count). The molecule has 0 heterocycles. The van der Waals surface area contributed by atoms with E-state index in [2.05, 4.69) is 5.32 Å². The first kappa shape index (κ1) is 26.0. The number of ether oxygens (including phenoxy) is 4. The molecule has 30 heavy (non-hydrogen) atoms. The minimum absolute atomic E-state index is 0.158. The average molecular weight is 426 g/mol. The molecule has 5 N–H and O–H groups in total. The van der Waals surface area contributed by atoms with Crippen LogP contribution in [0.1, 0.15) is 24.8 Å². The second-order valence-electron chi connectivity index (χ2n) is 6.60. The summed E-state index contributed by atoms with van der Waals surface area (Å²) in [5.41, 5.74) is 11.5. The molecule has 0 aliphatic carbocycles. The van der Waals surface area contributed by atoms with Crippen LogP contribution in [0.5, 0.6) is 0 Å². The van der Waals surface area contributed by atoms with E-state index in [0.29, 0.717) is 65.8 Å². The average Bonchev–Trinajstić information content (AvgIpc) is 2.74. The second kappa shape index (κ2) is 17.8. The smallest absolute Gasteiger partial charge is 0.222 e. The van der Waals surface area contributed by atoms with Crippen molar-refractivity contribution >= 4 is 11.8 Å². The summed E-state index contributed by atoms with van der Waals surface area (Å²) in [7, 11) is 0. The molecule has 0 aromatic heterocycles. The van der Waals surface area contributed by atoms with E-state index in [1.165, 1.54) is 0 Å². The van der Waals surface area contributed by atoms with Gasteiger partial charge in [0.2, 0.25) is 11.8 Å². The van der Waals surface area contributed by atoms with E-state index in [0.717, 1.165) is 5.56 Å². The van der Waals surface area contributed by atoms with E-state index in [-0.39, 0.29) is 24.9 Å². The standard InChI is InChI=1S/C21H35N3O6/c22-8-10-27-12-14-29-15-13-28-11-9-24-21(26)16-19(6-7-20(23)25)30-17-18-4-2-1-3-5-18/h1-5,19H,6-17,22H2,(H2,23,25)(H,24,26)/t19-/m0/s1. The predicted molar refractivity (Wildman–Crippen MR) is 113 cm³/mol. The number of nitrogens with two attached hydrogens (primary N) is 2. The molecule has 9 nitrogen and oxygen atoms in total. The maximum Gasteiger partial charge on any atom is 0.222 e. The fourth-order valence-electron chi connectivity index (χ4n) is 2.50. The van der Waals surface area contributed by atoms with Gasteiger partial charge in [-0.15, -0.1) is 0 Å². The van der Waals surface area contributed by atoms with Crippen LogP contribution < -0.4 is 16.8 Å². The van der Waals surface area contributed by atoms with Crippen LogP contribution in [-0.2, 0) is 35.1 Å². The zero-order chi connectivity index (χ0) is 21.9. The third kappa shape index (κ3) is 14.9. The maximum absolute atomic E-state index is 12.2. The molecule has 0 unspecified atom stereocenters. The van der Waals surface area contributed by atoms with Crippen LogP contribution in [0.3, 0.4) is 0 Å². The van der Waals surface area contributed by atoms with E-state index in [4.69, 9.17) is 30.4 Å². The Kier molecular flexibility index (Phi) is 15.4. The number of amides is 2. The quantitative estimate of drug-likeness (QED) is 0.272. The minimum atomic E-state index is -0.412. The van der Waals surface area contributed by atoms with E-state index in [1.807, 2.05) is 30.3 Å². The van der Waals surface area contributed by atoms with Crippen LogP contribution in [0, 0.1) is 0 Å². The molecule has 0 saturated carbocycles. The largest absolute Gasteiger partial charge is 0.378 e. The number of rotatable bonds is 19. The van der Waals surface area contributed by atoms with Gasteiger partial charge in [0, 0.05) is 19.5 Å². The van der Waals surface area contributed by atoms with Crippen molar-refractivity contribution in [2.45, 2.75) is 32.0 Å². The van der Waals surface area contributed by atoms with Gasteiger partial charge in [-0.2, -0.15) is 0 Å². The summed E-state index contributed by atoms with van der Waals surface area (Å²) in [4.78, 5) is 23.2. The lowest BCUT2D eigenvalue weighted by Crippen LogP contribution is -2.32. The summed E-state index contributed by atoms with van der Waals surface area (Å²) < 4.78 is 21.8. The molecule has 1 atom stereocenters. The van der Waals surface area contributed by atoms with Crippen LogP contribution in [-0.4, -0.2) is 70.6 Å². The van der Waals surface area contributed by atoms with Crippen molar-refractivity contribution in [1.29, 1.82) is 0 Å². The van der Waals surface area contributed by atoms with Gasteiger partial charge < -0.3 is 35.7 Å². The van der Waals surface area contributed by atoms with Crippen molar-refractivity contribution in [1.82, 2.24) is 5.32 Å². The highest BCUT2D eigenvalue weighted by molar-refractivity contribution is 5.77. The molecule has 0 aliphatic heterocycles. The molecule has 2 amide bonds. The first-order valence-electron chi connectivity index (χ1n) is 10.3. The van der Waals surface area contributed by atoms with Gasteiger partial charge >= 0.3 is 0 Å². The Bertz CT molecular complexity index is 573. The molecule has 1 aromatic rings. The molecule has 0 radical (unpaired) electrons. The second-order valence-corrected chi connectivity index (χ2v) is 6.60. The molecule has 0 aliphatic rings. The lowest BCUT2D eigenvalue weighted by Gasteiger charge is -2.17. The molecule has 0 saturated heterocycles. The number of carbonyl (C=O) groups is 2. The molecule has 1 aromatic carbocycles. The van der Waals surface area contributed by atoms with Gasteiger partial charge in [0.05, 0.1) is 58.8 Å². The SMILES string of the molecule is NCCOCCOCCOCCNC(=O)C[C@H](CCC(N)=O)OCc1ccccc1. The first-order chi connectivity index (χ1) is 14.6. The fraction of sp³-hybridized carbons (Fsp3) is 0.619. The third-order valence-electron chi connectivity index (χ3n) is 4.03. The van der Waals surface area contributed by atoms with Crippen molar-refractivity contribution in [3.8, 4) is 0 Å². The van der Waals surface area contributed by atoms with E-state index >= 15 is 0 Å². The highest BCUT2D eigenvalue weighted by Gasteiger charge is 2.15.